The molecule has 17 heavy (non-hydrogen) atoms. The van der Waals surface area contributed by atoms with Crippen molar-refractivity contribution in [1.82, 2.24) is 15.5 Å². The third-order valence-corrected chi connectivity index (χ3v) is 2.99. The molecule has 1 saturated heterocycles. The molecule has 1 rings (SSSR count). The molecule has 1 fully saturated rings. The molecule has 1 unspecified atom stereocenters. The number of nitrogens with zero attached hydrogens (tertiary/aromatic N) is 2. The summed E-state index contributed by atoms with van der Waals surface area (Å²) in [6.07, 6.45) is 2.52. The fourth-order valence-electron chi connectivity index (χ4n) is 2.08. The summed E-state index contributed by atoms with van der Waals surface area (Å²) in [6, 6.07) is 2.10. The van der Waals surface area contributed by atoms with Crippen molar-refractivity contribution in [3.63, 3.8) is 0 Å². The SMILES string of the molecule is CCNC(=O)C1CNCCN1CCCCC#N. The third kappa shape index (κ3) is 4.72. The van der Waals surface area contributed by atoms with E-state index in [1.54, 1.807) is 0 Å². The number of unbranched alkanes of at least 4 members (excludes halogenated alkanes) is 2. The number of carbonyl (C=O) groups excluding carboxylic acids is 1. The zero-order chi connectivity index (χ0) is 12.5. The maximum absolute atomic E-state index is 11.9. The number of hydrogen-bond donors (Lipinski definition) is 2. The summed E-state index contributed by atoms with van der Waals surface area (Å²) in [5.74, 6) is 0.111. The van der Waals surface area contributed by atoms with Crippen LogP contribution in [0.1, 0.15) is 26.2 Å². The first-order chi connectivity index (χ1) is 8.29. The Labute approximate surface area is 103 Å². The maximum Gasteiger partial charge on any atom is 0.238 e. The second-order valence-electron chi connectivity index (χ2n) is 4.27. The summed E-state index contributed by atoms with van der Waals surface area (Å²) in [6.45, 7) is 6.10. The number of piperazine rings is 1. The van der Waals surface area contributed by atoms with Gasteiger partial charge in [-0.05, 0) is 26.3 Å². The van der Waals surface area contributed by atoms with Gasteiger partial charge in [-0.25, -0.2) is 0 Å². The van der Waals surface area contributed by atoms with Crippen LogP contribution in [0.3, 0.4) is 0 Å². The lowest BCUT2D eigenvalue weighted by molar-refractivity contribution is -0.127. The van der Waals surface area contributed by atoms with Crippen LogP contribution in [0.4, 0.5) is 0 Å². The first-order valence-corrected chi connectivity index (χ1v) is 6.39. The molecule has 0 saturated carbocycles. The Morgan fingerprint density at radius 3 is 3.12 bits per heavy atom. The van der Waals surface area contributed by atoms with E-state index >= 15 is 0 Å². The highest BCUT2D eigenvalue weighted by molar-refractivity contribution is 5.82. The predicted molar refractivity (Wildman–Crippen MR) is 66.4 cm³/mol. The molecule has 1 atom stereocenters. The van der Waals surface area contributed by atoms with Crippen LogP contribution < -0.4 is 10.6 Å². The van der Waals surface area contributed by atoms with Gasteiger partial charge in [0.25, 0.3) is 0 Å². The van der Waals surface area contributed by atoms with Crippen LogP contribution >= 0.6 is 0 Å². The van der Waals surface area contributed by atoms with E-state index in [9.17, 15) is 4.79 Å². The summed E-state index contributed by atoms with van der Waals surface area (Å²) in [4.78, 5) is 14.1. The molecule has 0 aliphatic carbocycles. The maximum atomic E-state index is 11.9. The quantitative estimate of drug-likeness (QED) is 0.644. The van der Waals surface area contributed by atoms with Gasteiger partial charge in [-0.15, -0.1) is 0 Å². The number of hydrogen-bond acceptors (Lipinski definition) is 4. The third-order valence-electron chi connectivity index (χ3n) is 2.99. The summed E-state index contributed by atoms with van der Waals surface area (Å²) in [7, 11) is 0. The minimum Gasteiger partial charge on any atom is -0.355 e. The molecule has 0 radical (unpaired) electrons. The highest BCUT2D eigenvalue weighted by Crippen LogP contribution is 2.06. The van der Waals surface area contributed by atoms with Crippen LogP contribution in [0.5, 0.6) is 0 Å². The van der Waals surface area contributed by atoms with Crippen LogP contribution in [0.25, 0.3) is 0 Å². The molecule has 1 aliphatic heterocycles. The minimum atomic E-state index is -0.0502. The van der Waals surface area contributed by atoms with E-state index in [1.807, 2.05) is 6.92 Å². The monoisotopic (exact) mass is 238 g/mol. The van der Waals surface area contributed by atoms with E-state index in [4.69, 9.17) is 5.26 Å². The van der Waals surface area contributed by atoms with Crippen molar-refractivity contribution in [3.05, 3.63) is 0 Å². The van der Waals surface area contributed by atoms with Crippen LogP contribution in [-0.4, -0.2) is 49.6 Å². The zero-order valence-corrected chi connectivity index (χ0v) is 10.5. The summed E-state index contributed by atoms with van der Waals surface area (Å²) >= 11 is 0. The van der Waals surface area contributed by atoms with Gasteiger partial charge < -0.3 is 10.6 Å². The number of nitriles is 1. The average molecular weight is 238 g/mol. The lowest BCUT2D eigenvalue weighted by Crippen LogP contribution is -2.57. The lowest BCUT2D eigenvalue weighted by Gasteiger charge is -2.35. The van der Waals surface area contributed by atoms with E-state index in [-0.39, 0.29) is 11.9 Å². The van der Waals surface area contributed by atoms with E-state index < -0.39 is 0 Å². The average Bonchev–Trinajstić information content (AvgIpc) is 2.35. The van der Waals surface area contributed by atoms with Crippen molar-refractivity contribution < 1.29 is 4.79 Å². The normalized spacial score (nSPS) is 20.8. The molecule has 0 aromatic heterocycles. The van der Waals surface area contributed by atoms with Gasteiger partial charge in [0, 0.05) is 32.6 Å². The van der Waals surface area contributed by atoms with Crippen molar-refractivity contribution in [1.29, 1.82) is 5.26 Å². The number of amides is 1. The van der Waals surface area contributed by atoms with E-state index in [2.05, 4.69) is 21.6 Å². The number of nitrogens with one attached hydrogen (secondary N) is 2. The zero-order valence-electron chi connectivity index (χ0n) is 10.5. The smallest absolute Gasteiger partial charge is 0.238 e. The highest BCUT2D eigenvalue weighted by atomic mass is 16.2. The van der Waals surface area contributed by atoms with E-state index in [0.29, 0.717) is 13.0 Å². The van der Waals surface area contributed by atoms with Gasteiger partial charge in [-0.2, -0.15) is 5.26 Å². The van der Waals surface area contributed by atoms with Gasteiger partial charge in [0.15, 0.2) is 0 Å². The van der Waals surface area contributed by atoms with Crippen molar-refractivity contribution in [3.8, 4) is 6.07 Å². The summed E-state index contributed by atoms with van der Waals surface area (Å²) in [5.41, 5.74) is 0. The topological polar surface area (TPSA) is 68.2 Å². The van der Waals surface area contributed by atoms with Crippen LogP contribution in [-0.2, 0) is 4.79 Å². The molecule has 0 spiro atoms. The Kier molecular flexibility index (Phi) is 6.60. The van der Waals surface area contributed by atoms with Crippen LogP contribution in [0.2, 0.25) is 0 Å². The molecule has 5 heteroatoms. The van der Waals surface area contributed by atoms with Crippen molar-refractivity contribution >= 4 is 5.91 Å². The molecule has 1 amide bonds. The van der Waals surface area contributed by atoms with Crippen molar-refractivity contribution in [2.75, 3.05) is 32.7 Å². The van der Waals surface area contributed by atoms with Crippen LogP contribution in [0, 0.1) is 11.3 Å². The van der Waals surface area contributed by atoms with Crippen molar-refractivity contribution in [2.24, 2.45) is 0 Å². The molecule has 0 bridgehead atoms. The Morgan fingerprint density at radius 1 is 1.59 bits per heavy atom. The molecule has 96 valence electrons. The van der Waals surface area contributed by atoms with E-state index in [0.717, 1.165) is 39.0 Å². The van der Waals surface area contributed by atoms with Crippen LogP contribution in [0.15, 0.2) is 0 Å². The number of rotatable bonds is 6. The molecule has 2 N–H and O–H groups in total. The molecule has 0 aromatic carbocycles. The number of carbonyl (C=O) groups is 1. The van der Waals surface area contributed by atoms with E-state index in [1.165, 1.54) is 0 Å². The second kappa shape index (κ2) is 8.04. The Bertz CT molecular complexity index is 274. The van der Waals surface area contributed by atoms with Gasteiger partial charge in [0.05, 0.1) is 6.07 Å². The molecule has 1 aliphatic rings. The fourth-order valence-corrected chi connectivity index (χ4v) is 2.08. The minimum absolute atomic E-state index is 0.0502. The van der Waals surface area contributed by atoms with Gasteiger partial charge in [0.2, 0.25) is 5.91 Å². The lowest BCUT2D eigenvalue weighted by atomic mass is 10.1. The molecule has 1 heterocycles. The molecular formula is C12H22N4O. The summed E-state index contributed by atoms with van der Waals surface area (Å²) in [5, 5.41) is 14.6. The Morgan fingerprint density at radius 2 is 2.41 bits per heavy atom. The molecule has 0 aromatic rings. The first-order valence-electron chi connectivity index (χ1n) is 6.39. The number of likely N-dealkylation sites (N-methyl/N-ethyl adjacent to an activating group) is 1. The Balaban J connectivity index is 2.37. The van der Waals surface area contributed by atoms with Gasteiger partial charge in [0.1, 0.15) is 6.04 Å². The molecular weight excluding hydrogens is 216 g/mol. The standard InChI is InChI=1S/C12H22N4O/c1-2-15-12(17)11-10-14-7-9-16(11)8-5-3-4-6-13/h11,14H,2-5,7-10H2,1H3,(H,15,17). The molecule has 5 nitrogen and oxygen atoms in total. The van der Waals surface area contributed by atoms with Gasteiger partial charge in [-0.1, -0.05) is 0 Å². The van der Waals surface area contributed by atoms with Gasteiger partial charge in [-0.3, -0.25) is 9.69 Å². The predicted octanol–water partition coefficient (Wildman–Crippen LogP) is 0.0902. The largest absolute Gasteiger partial charge is 0.355 e. The van der Waals surface area contributed by atoms with Gasteiger partial charge >= 0.3 is 0 Å². The summed E-state index contributed by atoms with van der Waals surface area (Å²) < 4.78 is 0. The second-order valence-corrected chi connectivity index (χ2v) is 4.27. The fraction of sp³-hybridized carbons (Fsp3) is 0.833. The Hall–Kier alpha value is -1.12. The first kappa shape index (κ1) is 13.9. The van der Waals surface area contributed by atoms with Crippen molar-refractivity contribution in [2.45, 2.75) is 32.2 Å². The highest BCUT2D eigenvalue weighted by Gasteiger charge is 2.27.